The van der Waals surface area contributed by atoms with Crippen molar-refractivity contribution in [1.82, 2.24) is 4.90 Å². The van der Waals surface area contributed by atoms with Gasteiger partial charge in [-0.05, 0) is 6.42 Å². The lowest BCUT2D eigenvalue weighted by atomic mass is 10.0. The van der Waals surface area contributed by atoms with Gasteiger partial charge >= 0.3 is 0 Å². The van der Waals surface area contributed by atoms with Gasteiger partial charge in [-0.2, -0.15) is 0 Å². The first kappa shape index (κ1) is 10.4. The zero-order valence-electron chi connectivity index (χ0n) is 7.72. The van der Waals surface area contributed by atoms with Crippen LogP contribution in [-0.4, -0.2) is 43.0 Å². The molecule has 0 bridgehead atoms. The molecule has 0 N–H and O–H groups in total. The molecule has 13 heavy (non-hydrogen) atoms. The second kappa shape index (κ2) is 3.57. The third-order valence-electron chi connectivity index (χ3n) is 2.26. The molecule has 1 fully saturated rings. The highest BCUT2D eigenvalue weighted by atomic mass is 19.3. The van der Waals surface area contributed by atoms with Crippen molar-refractivity contribution in [3.8, 4) is 0 Å². The average molecular weight is 193 g/mol. The monoisotopic (exact) mass is 193 g/mol. The number of rotatable bonds is 1. The number of hydrogen-bond acceptors (Lipinski definition) is 2. The summed E-state index contributed by atoms with van der Waals surface area (Å²) in [5.41, 5.74) is 0. The molecule has 1 saturated heterocycles. The van der Waals surface area contributed by atoms with Gasteiger partial charge in [0.1, 0.15) is 6.10 Å². The highest BCUT2D eigenvalue weighted by Crippen LogP contribution is 2.29. The highest BCUT2D eigenvalue weighted by molar-refractivity contribution is 5.73. The Balaban J connectivity index is 2.64. The lowest BCUT2D eigenvalue weighted by molar-refractivity contribution is -0.171. The van der Waals surface area contributed by atoms with Crippen LogP contribution in [0.1, 0.15) is 13.3 Å². The van der Waals surface area contributed by atoms with Crippen LogP contribution in [0.15, 0.2) is 0 Å². The van der Waals surface area contributed by atoms with Crippen molar-refractivity contribution in [3.05, 3.63) is 0 Å². The molecule has 0 unspecified atom stereocenters. The molecule has 0 aromatic rings. The number of nitrogens with zero attached hydrogens (tertiary/aromatic N) is 1. The van der Waals surface area contributed by atoms with Gasteiger partial charge in [0.25, 0.3) is 5.92 Å². The predicted molar refractivity (Wildman–Crippen MR) is 42.6 cm³/mol. The van der Waals surface area contributed by atoms with E-state index in [2.05, 4.69) is 4.74 Å². The largest absolute Gasteiger partial charge is 0.375 e. The van der Waals surface area contributed by atoms with Crippen molar-refractivity contribution in [2.24, 2.45) is 0 Å². The number of halogens is 2. The molecule has 1 amide bonds. The smallest absolute Gasteiger partial charge is 0.290 e. The van der Waals surface area contributed by atoms with Crippen molar-refractivity contribution < 1.29 is 18.3 Å². The first-order chi connectivity index (χ1) is 5.97. The Morgan fingerprint density at radius 1 is 1.62 bits per heavy atom. The lowest BCUT2D eigenvalue weighted by Crippen LogP contribution is -2.53. The number of carbonyl (C=O) groups excluding carboxylic acids is 1. The Hall–Kier alpha value is -0.710. The van der Waals surface area contributed by atoms with Gasteiger partial charge in [0.2, 0.25) is 5.91 Å². The number of alkyl halides is 2. The summed E-state index contributed by atoms with van der Waals surface area (Å²) in [6.07, 6.45) is -0.855. The number of ether oxygens (including phenoxy) is 1. The van der Waals surface area contributed by atoms with Crippen LogP contribution in [0.4, 0.5) is 8.78 Å². The molecular weight excluding hydrogens is 180 g/mol. The van der Waals surface area contributed by atoms with Crippen molar-refractivity contribution in [2.75, 3.05) is 20.2 Å². The minimum Gasteiger partial charge on any atom is -0.375 e. The Morgan fingerprint density at radius 3 is 2.62 bits per heavy atom. The SMILES string of the molecule is CO[C@H]1CCN(C(C)=O)CC1(F)F. The normalized spacial score (nSPS) is 27.4. The Bertz CT molecular complexity index is 208. The molecule has 3 nitrogen and oxygen atoms in total. The maximum Gasteiger partial charge on any atom is 0.290 e. The summed E-state index contributed by atoms with van der Waals surface area (Å²) in [4.78, 5) is 12.0. The van der Waals surface area contributed by atoms with Crippen LogP contribution in [0.25, 0.3) is 0 Å². The minimum atomic E-state index is -2.92. The first-order valence-electron chi connectivity index (χ1n) is 4.13. The van der Waals surface area contributed by atoms with Crippen molar-refractivity contribution in [2.45, 2.75) is 25.4 Å². The summed E-state index contributed by atoms with van der Waals surface area (Å²) in [7, 11) is 1.27. The molecule has 1 atom stereocenters. The second-order valence-electron chi connectivity index (χ2n) is 3.21. The summed E-state index contributed by atoms with van der Waals surface area (Å²) in [6, 6.07) is 0. The quantitative estimate of drug-likeness (QED) is 0.619. The molecule has 0 aromatic carbocycles. The zero-order chi connectivity index (χ0) is 10.1. The number of hydrogen-bond donors (Lipinski definition) is 0. The van der Waals surface area contributed by atoms with Crippen molar-refractivity contribution in [1.29, 1.82) is 0 Å². The van der Waals surface area contributed by atoms with E-state index in [1.54, 1.807) is 0 Å². The van der Waals surface area contributed by atoms with E-state index in [4.69, 9.17) is 0 Å². The fourth-order valence-corrected chi connectivity index (χ4v) is 1.48. The maximum absolute atomic E-state index is 13.2. The van der Waals surface area contributed by atoms with E-state index >= 15 is 0 Å². The van der Waals surface area contributed by atoms with Crippen LogP contribution < -0.4 is 0 Å². The highest BCUT2D eigenvalue weighted by Gasteiger charge is 2.45. The standard InChI is InChI=1S/C8H13F2NO2/c1-6(12)11-4-3-7(13-2)8(9,10)5-11/h7H,3-5H2,1-2H3/t7-/m0/s1. The predicted octanol–water partition coefficient (Wildman–Crippen LogP) is 0.889. The van der Waals surface area contributed by atoms with E-state index in [-0.39, 0.29) is 12.3 Å². The van der Waals surface area contributed by atoms with Gasteiger partial charge in [0.15, 0.2) is 0 Å². The van der Waals surface area contributed by atoms with Gasteiger partial charge in [-0.1, -0.05) is 0 Å². The molecule has 1 heterocycles. The number of likely N-dealkylation sites (tertiary alicyclic amines) is 1. The van der Waals surface area contributed by atoms with Crippen LogP contribution in [0, 0.1) is 0 Å². The Kier molecular flexibility index (Phi) is 2.85. The van der Waals surface area contributed by atoms with Crippen LogP contribution >= 0.6 is 0 Å². The molecule has 0 spiro atoms. The third-order valence-corrected chi connectivity index (χ3v) is 2.26. The molecule has 76 valence electrons. The summed E-state index contributed by atoms with van der Waals surface area (Å²) >= 11 is 0. The fourth-order valence-electron chi connectivity index (χ4n) is 1.48. The van der Waals surface area contributed by atoms with Gasteiger partial charge in [0.05, 0.1) is 6.54 Å². The van der Waals surface area contributed by atoms with E-state index in [1.165, 1.54) is 14.0 Å². The molecule has 1 aliphatic heterocycles. The van der Waals surface area contributed by atoms with Gasteiger partial charge in [-0.3, -0.25) is 4.79 Å². The van der Waals surface area contributed by atoms with Gasteiger partial charge < -0.3 is 9.64 Å². The molecule has 1 aliphatic rings. The van der Waals surface area contributed by atoms with Crippen LogP contribution in [0.5, 0.6) is 0 Å². The molecule has 0 aromatic heterocycles. The van der Waals surface area contributed by atoms with Crippen molar-refractivity contribution >= 4 is 5.91 Å². The number of carbonyl (C=O) groups is 1. The second-order valence-corrected chi connectivity index (χ2v) is 3.21. The van der Waals surface area contributed by atoms with E-state index in [9.17, 15) is 13.6 Å². The van der Waals surface area contributed by atoms with E-state index in [1.807, 2.05) is 0 Å². The molecule has 0 aliphatic carbocycles. The topological polar surface area (TPSA) is 29.5 Å². The van der Waals surface area contributed by atoms with Crippen LogP contribution in [0.2, 0.25) is 0 Å². The Morgan fingerprint density at radius 2 is 2.23 bits per heavy atom. The van der Waals surface area contributed by atoms with Crippen LogP contribution in [-0.2, 0) is 9.53 Å². The van der Waals surface area contributed by atoms with Crippen LogP contribution in [0.3, 0.4) is 0 Å². The van der Waals surface area contributed by atoms with Gasteiger partial charge in [-0.25, -0.2) is 8.78 Å². The van der Waals surface area contributed by atoms with Gasteiger partial charge in [-0.15, -0.1) is 0 Å². The fraction of sp³-hybridized carbons (Fsp3) is 0.875. The molecular formula is C8H13F2NO2. The number of amides is 1. The number of piperidine rings is 1. The number of methoxy groups -OCH3 is 1. The summed E-state index contributed by atoms with van der Waals surface area (Å²) < 4.78 is 31.0. The first-order valence-corrected chi connectivity index (χ1v) is 4.13. The average Bonchev–Trinajstić information content (AvgIpc) is 2.02. The maximum atomic E-state index is 13.2. The molecule has 1 rings (SSSR count). The zero-order valence-corrected chi connectivity index (χ0v) is 7.72. The summed E-state index contributed by atoms with van der Waals surface area (Å²) in [5, 5.41) is 0. The van der Waals surface area contributed by atoms with Crippen molar-refractivity contribution in [3.63, 3.8) is 0 Å². The summed E-state index contributed by atoms with van der Waals surface area (Å²) in [6.45, 7) is 1.12. The molecule has 5 heteroatoms. The summed E-state index contributed by atoms with van der Waals surface area (Å²) in [5.74, 6) is -3.23. The van der Waals surface area contributed by atoms with Gasteiger partial charge in [0, 0.05) is 20.6 Å². The van der Waals surface area contributed by atoms with E-state index in [0.717, 1.165) is 4.90 Å². The molecule has 0 radical (unpaired) electrons. The lowest BCUT2D eigenvalue weighted by Gasteiger charge is -2.36. The van der Waals surface area contributed by atoms with E-state index in [0.29, 0.717) is 6.54 Å². The molecule has 0 saturated carbocycles. The minimum absolute atomic E-state index is 0.198. The Labute approximate surface area is 75.7 Å². The third kappa shape index (κ3) is 2.15. The van der Waals surface area contributed by atoms with E-state index < -0.39 is 18.6 Å².